The van der Waals surface area contributed by atoms with Gasteiger partial charge in [0.25, 0.3) is 0 Å². The number of hydrogen-bond acceptors (Lipinski definition) is 3. The third-order valence-electron chi connectivity index (χ3n) is 5.43. The van der Waals surface area contributed by atoms with E-state index < -0.39 is 17.4 Å². The highest BCUT2D eigenvalue weighted by molar-refractivity contribution is 5.86. The van der Waals surface area contributed by atoms with Crippen molar-refractivity contribution < 1.29 is 19.1 Å². The first-order valence-corrected chi connectivity index (χ1v) is 9.14. The Balaban J connectivity index is 1.62. The van der Waals surface area contributed by atoms with Gasteiger partial charge in [0.05, 0.1) is 5.41 Å². The molecule has 0 bridgehead atoms. The van der Waals surface area contributed by atoms with Crippen molar-refractivity contribution in [3.05, 3.63) is 72.0 Å². The van der Waals surface area contributed by atoms with Gasteiger partial charge in [-0.2, -0.15) is 0 Å². The van der Waals surface area contributed by atoms with Gasteiger partial charge in [-0.05, 0) is 30.5 Å². The number of carboxylic acid groups (broad SMARTS) is 1. The van der Waals surface area contributed by atoms with E-state index in [-0.39, 0.29) is 12.3 Å². The quantitative estimate of drug-likeness (QED) is 0.685. The fourth-order valence-electron chi connectivity index (χ4n) is 3.70. The summed E-state index contributed by atoms with van der Waals surface area (Å²) in [4.78, 5) is 24.3. The lowest BCUT2D eigenvalue weighted by molar-refractivity contribution is -0.157. The Morgan fingerprint density at radius 2 is 1.78 bits per heavy atom. The van der Waals surface area contributed by atoms with Gasteiger partial charge in [-0.3, -0.25) is 9.59 Å². The zero-order valence-corrected chi connectivity index (χ0v) is 14.9. The number of benzene rings is 2. The van der Waals surface area contributed by atoms with Crippen LogP contribution in [0.2, 0.25) is 0 Å². The summed E-state index contributed by atoms with van der Waals surface area (Å²) < 4.78 is 5.97. The summed E-state index contributed by atoms with van der Waals surface area (Å²) in [6.45, 7) is 0. The molecule has 0 saturated heterocycles. The Bertz CT molecular complexity index is 939. The molecule has 1 aliphatic carbocycles. The maximum Gasteiger partial charge on any atom is 0.310 e. The molecule has 1 saturated carbocycles. The van der Waals surface area contributed by atoms with E-state index in [4.69, 9.17) is 4.42 Å². The van der Waals surface area contributed by atoms with Crippen molar-refractivity contribution in [3.8, 4) is 0 Å². The number of aliphatic carboxylic acids is 1. The summed E-state index contributed by atoms with van der Waals surface area (Å²) in [5.41, 5.74) is 0.728. The van der Waals surface area contributed by atoms with Crippen molar-refractivity contribution >= 4 is 22.8 Å². The summed E-state index contributed by atoms with van der Waals surface area (Å²) in [7, 11) is 0. The number of carbonyl (C=O) groups is 2. The van der Waals surface area contributed by atoms with Gasteiger partial charge in [-0.25, -0.2) is 0 Å². The average Bonchev–Trinajstić information content (AvgIpc) is 3.07. The molecule has 1 atom stereocenters. The Labute approximate surface area is 157 Å². The second-order valence-corrected chi connectivity index (χ2v) is 7.21. The molecule has 1 aliphatic rings. The number of carbonyl (C=O) groups excluding carboxylic acids is 1. The fraction of sp³-hybridized carbons (Fsp3) is 0.273. The first kappa shape index (κ1) is 17.3. The van der Waals surface area contributed by atoms with Gasteiger partial charge in [-0.1, -0.05) is 55.0 Å². The second-order valence-electron chi connectivity index (χ2n) is 7.21. The summed E-state index contributed by atoms with van der Waals surface area (Å²) in [6.07, 6.45) is 1.95. The zero-order chi connectivity index (χ0) is 18.9. The van der Waals surface area contributed by atoms with E-state index in [1.165, 1.54) is 0 Å². The standard InChI is InChI=1S/C22H21NO4/c24-19(14-22(21(25)26)11-6-12-22)23-20(15-7-2-1-3-8-15)18-13-16-9-4-5-10-17(16)27-18/h1-5,7-10,13,20H,6,11-12,14H2,(H,23,24)(H,25,26). The highest BCUT2D eigenvalue weighted by atomic mass is 16.4. The van der Waals surface area contributed by atoms with Crippen molar-refractivity contribution in [2.45, 2.75) is 31.7 Å². The molecule has 1 fully saturated rings. The highest BCUT2D eigenvalue weighted by Crippen LogP contribution is 2.44. The van der Waals surface area contributed by atoms with Crippen molar-refractivity contribution in [3.63, 3.8) is 0 Å². The van der Waals surface area contributed by atoms with Gasteiger partial charge in [0.15, 0.2) is 0 Å². The summed E-state index contributed by atoms with van der Waals surface area (Å²) in [5.74, 6) is -0.524. The van der Waals surface area contributed by atoms with E-state index >= 15 is 0 Å². The van der Waals surface area contributed by atoms with Crippen molar-refractivity contribution in [2.24, 2.45) is 5.41 Å². The molecule has 5 heteroatoms. The largest absolute Gasteiger partial charge is 0.481 e. The van der Waals surface area contributed by atoms with E-state index in [1.807, 2.05) is 60.7 Å². The zero-order valence-electron chi connectivity index (χ0n) is 14.9. The molecule has 0 radical (unpaired) electrons. The van der Waals surface area contributed by atoms with Crippen LogP contribution >= 0.6 is 0 Å². The molecular formula is C22H21NO4. The maximum absolute atomic E-state index is 12.7. The van der Waals surface area contributed by atoms with Crippen LogP contribution in [-0.2, 0) is 9.59 Å². The minimum atomic E-state index is -0.917. The molecule has 138 valence electrons. The number of fused-ring (bicyclic) bond motifs is 1. The SMILES string of the molecule is O=C(CC1(C(=O)O)CCC1)NC(c1ccccc1)c1cc2ccccc2o1. The number of hydrogen-bond donors (Lipinski definition) is 2. The molecule has 2 aromatic carbocycles. The third kappa shape index (κ3) is 3.33. The van der Waals surface area contributed by atoms with Gasteiger partial charge >= 0.3 is 5.97 Å². The van der Waals surface area contributed by atoms with Crippen molar-refractivity contribution in [1.29, 1.82) is 0 Å². The number of amides is 1. The van der Waals surface area contributed by atoms with E-state index in [0.717, 1.165) is 23.0 Å². The normalized spacial score (nSPS) is 16.4. The van der Waals surface area contributed by atoms with Crippen LogP contribution in [0, 0.1) is 5.41 Å². The second kappa shape index (κ2) is 6.91. The van der Waals surface area contributed by atoms with Crippen LogP contribution in [0.5, 0.6) is 0 Å². The Kier molecular flexibility index (Phi) is 4.44. The molecule has 1 unspecified atom stereocenters. The van der Waals surface area contributed by atoms with Crippen LogP contribution in [0.1, 0.15) is 43.0 Å². The Morgan fingerprint density at radius 3 is 2.41 bits per heavy atom. The molecule has 3 aromatic rings. The van der Waals surface area contributed by atoms with Crippen LogP contribution in [0.15, 0.2) is 65.1 Å². The van der Waals surface area contributed by atoms with E-state index in [9.17, 15) is 14.7 Å². The van der Waals surface area contributed by atoms with Crippen molar-refractivity contribution in [2.75, 3.05) is 0 Å². The number of carboxylic acids is 1. The Hall–Kier alpha value is -3.08. The number of nitrogens with one attached hydrogen (secondary N) is 1. The summed E-state index contributed by atoms with van der Waals surface area (Å²) >= 11 is 0. The number of rotatable bonds is 6. The molecule has 5 nitrogen and oxygen atoms in total. The first-order valence-electron chi connectivity index (χ1n) is 9.14. The van der Waals surface area contributed by atoms with Gasteiger partial charge < -0.3 is 14.8 Å². The lowest BCUT2D eigenvalue weighted by Crippen LogP contribution is -2.43. The third-order valence-corrected chi connectivity index (χ3v) is 5.43. The van der Waals surface area contributed by atoms with Gasteiger partial charge in [0, 0.05) is 11.8 Å². The lowest BCUT2D eigenvalue weighted by atomic mass is 9.66. The molecular weight excluding hydrogens is 342 g/mol. The number of furan rings is 1. The smallest absolute Gasteiger partial charge is 0.310 e. The minimum Gasteiger partial charge on any atom is -0.481 e. The lowest BCUT2D eigenvalue weighted by Gasteiger charge is -2.37. The van der Waals surface area contributed by atoms with Gasteiger partial charge in [0.1, 0.15) is 17.4 Å². The predicted octanol–water partition coefficient (Wildman–Crippen LogP) is 4.28. The topological polar surface area (TPSA) is 79.5 Å². The molecule has 0 aliphatic heterocycles. The van der Waals surface area contributed by atoms with Crippen LogP contribution in [0.4, 0.5) is 0 Å². The summed E-state index contributed by atoms with van der Waals surface area (Å²) in [6, 6.07) is 18.7. The molecule has 1 heterocycles. The first-order chi connectivity index (χ1) is 13.1. The molecule has 2 N–H and O–H groups in total. The highest BCUT2D eigenvalue weighted by Gasteiger charge is 2.46. The minimum absolute atomic E-state index is 0.00804. The van der Waals surface area contributed by atoms with E-state index in [0.29, 0.717) is 18.6 Å². The van der Waals surface area contributed by atoms with Crippen LogP contribution in [-0.4, -0.2) is 17.0 Å². The molecule has 1 aromatic heterocycles. The van der Waals surface area contributed by atoms with Crippen LogP contribution in [0.3, 0.4) is 0 Å². The average molecular weight is 363 g/mol. The van der Waals surface area contributed by atoms with Crippen LogP contribution in [0.25, 0.3) is 11.0 Å². The van der Waals surface area contributed by atoms with Gasteiger partial charge in [-0.15, -0.1) is 0 Å². The number of para-hydroxylation sites is 1. The fourth-order valence-corrected chi connectivity index (χ4v) is 3.70. The Morgan fingerprint density at radius 1 is 1.07 bits per heavy atom. The van der Waals surface area contributed by atoms with E-state index in [2.05, 4.69) is 5.32 Å². The van der Waals surface area contributed by atoms with Crippen LogP contribution < -0.4 is 5.32 Å². The summed E-state index contributed by atoms with van der Waals surface area (Å²) in [5, 5.41) is 13.5. The van der Waals surface area contributed by atoms with E-state index in [1.54, 1.807) is 0 Å². The maximum atomic E-state index is 12.7. The molecule has 27 heavy (non-hydrogen) atoms. The van der Waals surface area contributed by atoms with Gasteiger partial charge in [0.2, 0.25) is 5.91 Å². The predicted molar refractivity (Wildman–Crippen MR) is 101 cm³/mol. The monoisotopic (exact) mass is 363 g/mol. The molecule has 0 spiro atoms. The van der Waals surface area contributed by atoms with Crippen molar-refractivity contribution in [1.82, 2.24) is 5.32 Å². The molecule has 1 amide bonds. The molecule has 4 rings (SSSR count).